The zero-order valence-corrected chi connectivity index (χ0v) is 15.4. The number of rotatable bonds is 5. The number of hydrogen-bond acceptors (Lipinski definition) is 7. The highest BCUT2D eigenvalue weighted by molar-refractivity contribution is 7.89. The fourth-order valence-electron chi connectivity index (χ4n) is 2.74. The average Bonchev–Trinajstić information content (AvgIpc) is 2.67. The molecule has 8 nitrogen and oxygen atoms in total. The van der Waals surface area contributed by atoms with E-state index in [1.54, 1.807) is 6.07 Å². The zero-order valence-electron chi connectivity index (χ0n) is 14.5. The van der Waals surface area contributed by atoms with E-state index in [-0.39, 0.29) is 36.4 Å². The number of esters is 2. The summed E-state index contributed by atoms with van der Waals surface area (Å²) >= 11 is 0. The van der Waals surface area contributed by atoms with Gasteiger partial charge in [0.2, 0.25) is 10.0 Å². The summed E-state index contributed by atoms with van der Waals surface area (Å²) in [5.41, 5.74) is -0.0284. The Balaban J connectivity index is 2.13. The number of carbonyl (C=O) groups is 2. The van der Waals surface area contributed by atoms with Crippen molar-refractivity contribution in [1.29, 1.82) is 5.26 Å². The van der Waals surface area contributed by atoms with Crippen LogP contribution in [0.5, 0.6) is 0 Å². The third-order valence-electron chi connectivity index (χ3n) is 4.17. The van der Waals surface area contributed by atoms with Gasteiger partial charge in [-0.05, 0) is 31.9 Å². The SMILES string of the molecule is COC(=O)c1ccccc1S(=O)(=O)N1CCC(C(=O)O[C@H](C)C#N)CC1. The van der Waals surface area contributed by atoms with E-state index in [4.69, 9.17) is 10.00 Å². The fourth-order valence-corrected chi connectivity index (χ4v) is 4.39. The van der Waals surface area contributed by atoms with E-state index in [1.165, 1.54) is 36.5 Å². The first-order chi connectivity index (χ1) is 12.3. The molecule has 1 fully saturated rings. The highest BCUT2D eigenvalue weighted by Crippen LogP contribution is 2.27. The Bertz CT molecular complexity index is 822. The molecule has 9 heteroatoms. The number of ether oxygens (including phenoxy) is 2. The summed E-state index contributed by atoms with van der Waals surface area (Å²) in [6, 6.07) is 7.67. The summed E-state index contributed by atoms with van der Waals surface area (Å²) in [6.07, 6.45) is -0.260. The van der Waals surface area contributed by atoms with Crippen LogP contribution in [0.3, 0.4) is 0 Å². The first-order valence-electron chi connectivity index (χ1n) is 8.09. The molecule has 1 atom stereocenters. The Kier molecular flexibility index (Phi) is 6.34. The lowest BCUT2D eigenvalue weighted by molar-refractivity contribution is -0.152. The molecule has 1 heterocycles. The molecule has 1 aromatic rings. The third kappa shape index (κ3) is 4.20. The smallest absolute Gasteiger partial charge is 0.339 e. The minimum absolute atomic E-state index is 0.0284. The van der Waals surface area contributed by atoms with E-state index in [0.29, 0.717) is 0 Å². The maximum Gasteiger partial charge on any atom is 0.339 e. The van der Waals surface area contributed by atoms with Crippen molar-refractivity contribution in [2.45, 2.75) is 30.8 Å². The quantitative estimate of drug-likeness (QED) is 0.708. The summed E-state index contributed by atoms with van der Waals surface area (Å²) in [4.78, 5) is 23.7. The fraction of sp³-hybridized carbons (Fsp3) is 0.471. The normalized spacial score (nSPS) is 17.1. The minimum Gasteiger partial charge on any atom is -0.465 e. The average molecular weight is 380 g/mol. The van der Waals surface area contributed by atoms with E-state index < -0.39 is 34.0 Å². The molecule has 0 spiro atoms. The van der Waals surface area contributed by atoms with Crippen LogP contribution in [0, 0.1) is 17.2 Å². The first-order valence-corrected chi connectivity index (χ1v) is 9.53. The molecule has 1 aliphatic heterocycles. The van der Waals surface area contributed by atoms with Crippen molar-refractivity contribution in [2.24, 2.45) is 5.92 Å². The predicted octanol–water partition coefficient (Wildman–Crippen LogP) is 1.33. The third-order valence-corrected chi connectivity index (χ3v) is 6.13. The number of nitriles is 1. The number of carbonyl (C=O) groups excluding carboxylic acids is 2. The monoisotopic (exact) mass is 380 g/mol. The second-order valence-corrected chi connectivity index (χ2v) is 7.78. The molecule has 0 unspecified atom stereocenters. The van der Waals surface area contributed by atoms with Gasteiger partial charge in [0.05, 0.1) is 23.5 Å². The number of hydrogen-bond donors (Lipinski definition) is 0. The Labute approximate surface area is 152 Å². The molecule has 140 valence electrons. The number of piperidine rings is 1. The minimum atomic E-state index is -3.90. The summed E-state index contributed by atoms with van der Waals surface area (Å²) in [5, 5.41) is 8.70. The summed E-state index contributed by atoms with van der Waals surface area (Å²) in [5.74, 6) is -1.67. The van der Waals surface area contributed by atoms with Crippen LogP contribution in [0.2, 0.25) is 0 Å². The van der Waals surface area contributed by atoms with Crippen molar-refractivity contribution in [2.75, 3.05) is 20.2 Å². The van der Waals surface area contributed by atoms with Crippen LogP contribution in [-0.2, 0) is 24.3 Å². The van der Waals surface area contributed by atoms with Gasteiger partial charge in [0.25, 0.3) is 0 Å². The van der Waals surface area contributed by atoms with Crippen molar-refractivity contribution in [3.63, 3.8) is 0 Å². The van der Waals surface area contributed by atoms with Gasteiger partial charge in [-0.3, -0.25) is 4.79 Å². The molecule has 0 N–H and O–H groups in total. The van der Waals surface area contributed by atoms with E-state index in [9.17, 15) is 18.0 Å². The second kappa shape index (κ2) is 8.29. The van der Waals surface area contributed by atoms with Crippen LogP contribution in [0.4, 0.5) is 0 Å². The molecular formula is C17H20N2O6S. The molecule has 1 aromatic carbocycles. The molecule has 0 aliphatic carbocycles. The van der Waals surface area contributed by atoms with Gasteiger partial charge < -0.3 is 9.47 Å². The largest absolute Gasteiger partial charge is 0.465 e. The van der Waals surface area contributed by atoms with Crippen molar-refractivity contribution in [3.8, 4) is 6.07 Å². The second-order valence-electron chi connectivity index (χ2n) is 5.87. The number of sulfonamides is 1. The zero-order chi connectivity index (χ0) is 19.3. The number of benzene rings is 1. The van der Waals surface area contributed by atoms with E-state index >= 15 is 0 Å². The lowest BCUT2D eigenvalue weighted by Crippen LogP contribution is -2.41. The highest BCUT2D eigenvalue weighted by atomic mass is 32.2. The van der Waals surface area contributed by atoms with Crippen molar-refractivity contribution in [3.05, 3.63) is 29.8 Å². The summed E-state index contributed by atoms with van der Waals surface area (Å²) < 4.78 is 36.6. The Morgan fingerprint density at radius 1 is 1.27 bits per heavy atom. The molecule has 1 saturated heterocycles. The Morgan fingerprint density at radius 3 is 2.46 bits per heavy atom. The van der Waals surface area contributed by atoms with Gasteiger partial charge in [-0.1, -0.05) is 12.1 Å². The van der Waals surface area contributed by atoms with Gasteiger partial charge in [-0.25, -0.2) is 13.2 Å². The summed E-state index contributed by atoms with van der Waals surface area (Å²) in [7, 11) is -2.71. The van der Waals surface area contributed by atoms with Gasteiger partial charge in [-0.2, -0.15) is 9.57 Å². The molecule has 0 saturated carbocycles. The van der Waals surface area contributed by atoms with E-state index in [0.717, 1.165) is 0 Å². The van der Waals surface area contributed by atoms with Crippen molar-refractivity contribution < 1.29 is 27.5 Å². The van der Waals surface area contributed by atoms with Crippen LogP contribution in [0.25, 0.3) is 0 Å². The number of methoxy groups -OCH3 is 1. The lowest BCUT2D eigenvalue weighted by Gasteiger charge is -2.30. The molecular weight excluding hydrogens is 360 g/mol. The van der Waals surface area contributed by atoms with Gasteiger partial charge in [0.15, 0.2) is 6.10 Å². The van der Waals surface area contributed by atoms with Crippen LogP contribution < -0.4 is 0 Å². The van der Waals surface area contributed by atoms with Crippen LogP contribution >= 0.6 is 0 Å². The molecule has 0 amide bonds. The van der Waals surface area contributed by atoms with Crippen molar-refractivity contribution in [1.82, 2.24) is 4.31 Å². The Hall–Kier alpha value is -2.44. The van der Waals surface area contributed by atoms with Gasteiger partial charge in [0.1, 0.15) is 6.07 Å². The van der Waals surface area contributed by atoms with E-state index in [1.807, 2.05) is 6.07 Å². The number of nitrogens with zero attached hydrogens (tertiary/aromatic N) is 2. The molecule has 26 heavy (non-hydrogen) atoms. The maximum absolute atomic E-state index is 12.9. The standard InChI is InChI=1S/C17H20N2O6S/c1-12(11-18)25-16(20)13-7-9-19(10-8-13)26(22,23)15-6-4-3-5-14(15)17(21)24-2/h3-6,12-13H,7-10H2,1-2H3/t12-/m1/s1. The van der Waals surface area contributed by atoms with Gasteiger partial charge >= 0.3 is 11.9 Å². The topological polar surface area (TPSA) is 114 Å². The van der Waals surface area contributed by atoms with Gasteiger partial charge in [0, 0.05) is 13.1 Å². The van der Waals surface area contributed by atoms with Crippen LogP contribution in [-0.4, -0.2) is 51.0 Å². The maximum atomic E-state index is 12.9. The van der Waals surface area contributed by atoms with E-state index in [2.05, 4.69) is 4.74 Å². The molecule has 0 bridgehead atoms. The molecule has 0 radical (unpaired) electrons. The van der Waals surface area contributed by atoms with Crippen LogP contribution in [0.15, 0.2) is 29.2 Å². The first kappa shape index (κ1) is 19.9. The molecule has 1 aliphatic rings. The van der Waals surface area contributed by atoms with Crippen molar-refractivity contribution >= 4 is 22.0 Å². The van der Waals surface area contributed by atoms with Crippen LogP contribution in [0.1, 0.15) is 30.1 Å². The van der Waals surface area contributed by atoms with Gasteiger partial charge in [-0.15, -0.1) is 0 Å². The predicted molar refractivity (Wildman–Crippen MR) is 90.4 cm³/mol. The summed E-state index contributed by atoms with van der Waals surface area (Å²) in [6.45, 7) is 1.72. The molecule has 2 rings (SSSR count). The highest BCUT2D eigenvalue weighted by Gasteiger charge is 2.35. The lowest BCUT2D eigenvalue weighted by atomic mass is 9.98. The Morgan fingerprint density at radius 2 is 1.88 bits per heavy atom. The molecule has 0 aromatic heterocycles.